The van der Waals surface area contributed by atoms with Gasteiger partial charge < -0.3 is 25.8 Å². The molecule has 1 atom stereocenters. The average molecular weight is 552 g/mol. The number of fused-ring (bicyclic) bond motifs is 1. The number of pyridine rings is 1. The summed E-state index contributed by atoms with van der Waals surface area (Å²) in [5.74, 6) is -0.672. The lowest BCUT2D eigenvalue weighted by atomic mass is 9.90. The molecule has 4 N–H and O–H groups in total. The molecule has 0 bridgehead atoms. The Hall–Kier alpha value is -4.08. The summed E-state index contributed by atoms with van der Waals surface area (Å²) in [5.41, 5.74) is 1.55. The van der Waals surface area contributed by atoms with Gasteiger partial charge in [0, 0.05) is 25.4 Å². The first-order valence-corrected chi connectivity index (χ1v) is 13.2. The van der Waals surface area contributed by atoms with Crippen LogP contribution in [0.15, 0.2) is 36.7 Å². The zero-order valence-electron chi connectivity index (χ0n) is 22.8. The number of alkyl halides is 1. The number of aromatic nitrogens is 3. The van der Waals surface area contributed by atoms with Crippen LogP contribution in [-0.2, 0) is 9.53 Å². The largest absolute Gasteiger partial charge is 0.387 e. The number of methoxy groups -OCH3 is 1. The van der Waals surface area contributed by atoms with Crippen molar-refractivity contribution in [3.63, 3.8) is 0 Å². The number of aliphatic hydroxyl groups is 1. The number of halogens is 1. The van der Waals surface area contributed by atoms with Gasteiger partial charge in [-0.3, -0.25) is 14.6 Å². The van der Waals surface area contributed by atoms with Crippen LogP contribution in [0.5, 0.6) is 0 Å². The number of hydrogen-bond donors (Lipinski definition) is 4. The zero-order valence-corrected chi connectivity index (χ0v) is 22.8. The van der Waals surface area contributed by atoms with Crippen molar-refractivity contribution in [2.75, 3.05) is 25.6 Å². The molecular weight excluding hydrogens is 517 g/mol. The Morgan fingerprint density at radius 2 is 1.95 bits per heavy atom. The molecule has 1 aliphatic carbocycles. The molecule has 40 heavy (non-hydrogen) atoms. The fourth-order valence-corrected chi connectivity index (χ4v) is 4.68. The van der Waals surface area contributed by atoms with Crippen LogP contribution >= 0.6 is 0 Å². The lowest BCUT2D eigenvalue weighted by molar-refractivity contribution is -0.125. The standard InChI is InChI=1S/C28H34FN7O4/c1-28(2,39)25(29)15-32-27(38)21-14-31-23(24-9-8-20-10-17(12-30)13-33-36(20)24)11-22(21)34-18-4-6-19(7-5-18)35-26(37)16-40-3/h8-11,13-14,18-19,25,39H,4-7,15-16H2,1-3H3,(H,31,34)(H,32,38)(H,35,37). The Morgan fingerprint density at radius 1 is 1.23 bits per heavy atom. The molecule has 3 aromatic heterocycles. The van der Waals surface area contributed by atoms with E-state index in [4.69, 9.17) is 4.74 Å². The summed E-state index contributed by atoms with van der Waals surface area (Å²) in [6.07, 6.45) is 4.29. The van der Waals surface area contributed by atoms with Crippen molar-refractivity contribution in [2.24, 2.45) is 0 Å². The van der Waals surface area contributed by atoms with E-state index in [1.165, 1.54) is 33.4 Å². The van der Waals surface area contributed by atoms with E-state index in [2.05, 4.69) is 32.1 Å². The Morgan fingerprint density at radius 3 is 2.62 bits per heavy atom. The minimum absolute atomic E-state index is 0.0186. The van der Waals surface area contributed by atoms with E-state index in [0.717, 1.165) is 31.2 Å². The number of hydrogen-bond acceptors (Lipinski definition) is 8. The van der Waals surface area contributed by atoms with Crippen LogP contribution in [0.25, 0.3) is 16.9 Å². The first kappa shape index (κ1) is 28.9. The van der Waals surface area contributed by atoms with Gasteiger partial charge in [-0.25, -0.2) is 8.91 Å². The third kappa shape index (κ3) is 6.91. The van der Waals surface area contributed by atoms with E-state index in [0.29, 0.717) is 22.6 Å². The van der Waals surface area contributed by atoms with Crippen LogP contribution in [-0.4, -0.2) is 75.6 Å². The molecule has 3 heterocycles. The minimum Gasteiger partial charge on any atom is -0.387 e. The highest BCUT2D eigenvalue weighted by Gasteiger charge is 2.28. The molecule has 0 radical (unpaired) electrons. The highest BCUT2D eigenvalue weighted by Crippen LogP contribution is 2.29. The van der Waals surface area contributed by atoms with Crippen molar-refractivity contribution in [3.05, 3.63) is 47.8 Å². The lowest BCUT2D eigenvalue weighted by Crippen LogP contribution is -2.42. The fraction of sp³-hybridized carbons (Fsp3) is 0.464. The van der Waals surface area contributed by atoms with Crippen molar-refractivity contribution < 1.29 is 23.8 Å². The topological polar surface area (TPSA) is 154 Å². The van der Waals surface area contributed by atoms with Gasteiger partial charge in [0.15, 0.2) is 0 Å². The van der Waals surface area contributed by atoms with Crippen LogP contribution in [0.4, 0.5) is 10.1 Å². The van der Waals surface area contributed by atoms with Crippen LogP contribution in [0.2, 0.25) is 0 Å². The number of nitriles is 1. The third-order valence-corrected chi connectivity index (χ3v) is 6.98. The molecule has 0 spiro atoms. The third-order valence-electron chi connectivity index (χ3n) is 6.98. The van der Waals surface area contributed by atoms with Gasteiger partial charge in [0.1, 0.15) is 18.8 Å². The van der Waals surface area contributed by atoms with E-state index in [-0.39, 0.29) is 36.7 Å². The van der Waals surface area contributed by atoms with Crippen molar-refractivity contribution in [3.8, 4) is 17.5 Å². The van der Waals surface area contributed by atoms with Crippen molar-refractivity contribution >= 4 is 23.0 Å². The molecule has 0 saturated heterocycles. The van der Waals surface area contributed by atoms with Gasteiger partial charge in [-0.2, -0.15) is 10.4 Å². The van der Waals surface area contributed by atoms with Crippen LogP contribution in [0.3, 0.4) is 0 Å². The van der Waals surface area contributed by atoms with Crippen LogP contribution in [0, 0.1) is 11.3 Å². The number of anilines is 1. The van der Waals surface area contributed by atoms with E-state index < -0.39 is 17.7 Å². The molecule has 2 amide bonds. The second-order valence-corrected chi connectivity index (χ2v) is 10.6. The Labute approximate surface area is 231 Å². The van der Waals surface area contributed by atoms with E-state index >= 15 is 0 Å². The summed E-state index contributed by atoms with van der Waals surface area (Å²) in [6.45, 7) is 2.35. The highest BCUT2D eigenvalue weighted by molar-refractivity contribution is 6.00. The molecule has 212 valence electrons. The quantitative estimate of drug-likeness (QED) is 0.300. The van der Waals surface area contributed by atoms with Gasteiger partial charge >= 0.3 is 0 Å². The van der Waals surface area contributed by atoms with E-state index in [9.17, 15) is 24.3 Å². The first-order chi connectivity index (χ1) is 19.1. The minimum atomic E-state index is -1.65. The molecule has 12 heteroatoms. The van der Waals surface area contributed by atoms with Crippen LogP contribution in [0.1, 0.15) is 55.5 Å². The number of amides is 2. The predicted octanol–water partition coefficient (Wildman–Crippen LogP) is 2.59. The molecule has 0 aliphatic heterocycles. The summed E-state index contributed by atoms with van der Waals surface area (Å²) < 4.78 is 20.9. The first-order valence-electron chi connectivity index (χ1n) is 13.2. The van der Waals surface area contributed by atoms with Crippen molar-refractivity contribution in [1.29, 1.82) is 5.26 Å². The molecular formula is C28H34FN7O4. The molecule has 11 nitrogen and oxygen atoms in total. The second-order valence-electron chi connectivity index (χ2n) is 10.6. The lowest BCUT2D eigenvalue weighted by Gasteiger charge is -2.31. The Kier molecular flexibility index (Phi) is 8.96. The molecule has 4 rings (SSSR count). The van der Waals surface area contributed by atoms with E-state index in [1.807, 2.05) is 12.1 Å². The van der Waals surface area contributed by atoms with Gasteiger partial charge in [-0.15, -0.1) is 0 Å². The maximum Gasteiger partial charge on any atom is 0.255 e. The molecule has 1 unspecified atom stereocenters. The number of rotatable bonds is 10. The number of nitrogens with one attached hydrogen (secondary N) is 3. The normalized spacial score (nSPS) is 18.1. The Bertz CT molecular complexity index is 1400. The molecule has 1 fully saturated rings. The van der Waals surface area contributed by atoms with Crippen molar-refractivity contribution in [2.45, 2.75) is 63.4 Å². The maximum atomic E-state index is 14.3. The smallest absolute Gasteiger partial charge is 0.255 e. The van der Waals surface area contributed by atoms with Gasteiger partial charge in [-0.1, -0.05) is 0 Å². The fourth-order valence-electron chi connectivity index (χ4n) is 4.68. The average Bonchev–Trinajstić information content (AvgIpc) is 3.35. The van der Waals surface area contributed by atoms with Crippen LogP contribution < -0.4 is 16.0 Å². The second kappa shape index (κ2) is 12.4. The number of nitrogens with zero attached hydrogens (tertiary/aromatic N) is 4. The number of ether oxygens (including phenoxy) is 1. The van der Waals surface area contributed by atoms with Crippen molar-refractivity contribution in [1.82, 2.24) is 25.2 Å². The van der Waals surface area contributed by atoms with Gasteiger partial charge in [-0.05, 0) is 63.8 Å². The van der Waals surface area contributed by atoms with Gasteiger partial charge in [0.25, 0.3) is 5.91 Å². The predicted molar refractivity (Wildman–Crippen MR) is 146 cm³/mol. The molecule has 1 aliphatic rings. The molecule has 0 aromatic carbocycles. The summed E-state index contributed by atoms with van der Waals surface area (Å²) in [7, 11) is 1.48. The van der Waals surface area contributed by atoms with Gasteiger partial charge in [0.2, 0.25) is 5.91 Å². The summed E-state index contributed by atoms with van der Waals surface area (Å²) in [6, 6.07) is 9.29. The summed E-state index contributed by atoms with van der Waals surface area (Å²) in [4.78, 5) is 29.5. The SMILES string of the molecule is COCC(=O)NC1CCC(Nc2cc(-c3ccc4cc(C#N)cnn34)ncc2C(=O)NCC(F)C(C)(C)O)CC1. The highest BCUT2D eigenvalue weighted by atomic mass is 19.1. The zero-order chi connectivity index (χ0) is 28.9. The van der Waals surface area contributed by atoms with E-state index in [1.54, 1.807) is 16.6 Å². The Balaban J connectivity index is 1.57. The summed E-state index contributed by atoms with van der Waals surface area (Å²) in [5, 5.41) is 32.4. The monoisotopic (exact) mass is 551 g/mol. The van der Waals surface area contributed by atoms with Gasteiger partial charge in [0.05, 0.1) is 52.1 Å². The summed E-state index contributed by atoms with van der Waals surface area (Å²) >= 11 is 0. The molecule has 3 aromatic rings. The number of carbonyl (C=O) groups excluding carboxylic acids is 2. The molecule has 1 saturated carbocycles. The number of carbonyl (C=O) groups is 2. The maximum absolute atomic E-state index is 14.3.